The molecular weight excluding hydrogens is 384 g/mol. The number of benzene rings is 1. The molecule has 3 rings (SSSR count). The van der Waals surface area contributed by atoms with E-state index in [0.717, 1.165) is 22.7 Å². The largest absolute Gasteiger partial charge is 0.493 e. The summed E-state index contributed by atoms with van der Waals surface area (Å²) in [5, 5.41) is 13.1. The summed E-state index contributed by atoms with van der Waals surface area (Å²) in [6.45, 7) is 11.0. The number of aryl methyl sites for hydroxylation is 2. The quantitative estimate of drug-likeness (QED) is 0.364. The molecular formula is C22H28N4O4. The van der Waals surface area contributed by atoms with Gasteiger partial charge < -0.3 is 19.7 Å². The van der Waals surface area contributed by atoms with Crippen LogP contribution in [0.2, 0.25) is 0 Å². The van der Waals surface area contributed by atoms with Crippen molar-refractivity contribution in [3.05, 3.63) is 39.5 Å². The van der Waals surface area contributed by atoms with Crippen LogP contribution >= 0.6 is 0 Å². The van der Waals surface area contributed by atoms with Gasteiger partial charge in [0.2, 0.25) is 11.3 Å². The first-order valence-corrected chi connectivity index (χ1v) is 9.99. The highest BCUT2D eigenvalue weighted by Gasteiger charge is 2.19. The fraction of sp³-hybridized carbons (Fsp3) is 0.455. The molecule has 0 atom stereocenters. The van der Waals surface area contributed by atoms with Crippen LogP contribution in [0.1, 0.15) is 38.3 Å². The third-order valence-corrected chi connectivity index (χ3v) is 4.73. The average Bonchev–Trinajstić information content (AvgIpc) is 2.61. The van der Waals surface area contributed by atoms with Crippen LogP contribution in [0.3, 0.4) is 0 Å². The second-order valence-corrected chi connectivity index (χ2v) is 8.43. The molecule has 1 aromatic carbocycles. The number of rotatable bonds is 6. The zero-order valence-corrected chi connectivity index (χ0v) is 18.1. The second-order valence-electron chi connectivity index (χ2n) is 8.43. The van der Waals surface area contributed by atoms with Gasteiger partial charge in [0.1, 0.15) is 5.60 Å². The fourth-order valence-electron chi connectivity index (χ4n) is 3.23. The minimum absolute atomic E-state index is 0.220. The first-order valence-electron chi connectivity index (χ1n) is 9.99. The summed E-state index contributed by atoms with van der Waals surface area (Å²) < 4.78 is 7.18. The summed E-state index contributed by atoms with van der Waals surface area (Å²) in [7, 11) is 0. The van der Waals surface area contributed by atoms with Crippen molar-refractivity contribution in [2.75, 3.05) is 13.1 Å². The van der Waals surface area contributed by atoms with Crippen molar-refractivity contribution in [3.63, 3.8) is 0 Å². The predicted octanol–water partition coefficient (Wildman–Crippen LogP) is 2.54. The van der Waals surface area contributed by atoms with E-state index in [4.69, 9.17) is 4.74 Å². The Hall–Kier alpha value is -3.00. The van der Waals surface area contributed by atoms with E-state index in [1.807, 2.05) is 51.3 Å². The minimum atomic E-state index is -0.499. The van der Waals surface area contributed by atoms with Crippen molar-refractivity contribution >= 4 is 17.0 Å². The Morgan fingerprint density at radius 1 is 1.13 bits per heavy atom. The summed E-state index contributed by atoms with van der Waals surface area (Å²) in [5.74, 6) is -0.245. The molecule has 0 unspecified atom stereocenters. The van der Waals surface area contributed by atoms with Gasteiger partial charge in [0.15, 0.2) is 11.5 Å². The van der Waals surface area contributed by atoms with Gasteiger partial charge in [-0.25, -0.2) is 4.98 Å². The molecule has 2 aliphatic rings. The molecule has 0 saturated carbocycles. The van der Waals surface area contributed by atoms with Gasteiger partial charge >= 0.3 is 5.97 Å². The number of hydrogen-bond acceptors (Lipinski definition) is 7. The van der Waals surface area contributed by atoms with Crippen molar-refractivity contribution in [1.29, 1.82) is 0 Å². The highest BCUT2D eigenvalue weighted by Crippen LogP contribution is 2.25. The Kier molecular flexibility index (Phi) is 6.07. The smallest absolute Gasteiger partial charge is 0.307 e. The Morgan fingerprint density at radius 3 is 2.53 bits per heavy atom. The van der Waals surface area contributed by atoms with Crippen LogP contribution in [-0.4, -0.2) is 44.3 Å². The standard InChI is InChI=1S/C22H28N4O4/c1-13-10-15-16(11-14(13)2)26(21-20(24-15)17(27)12-18(28)25-21)9-8-23-7-6-19(29)30-22(3,4)5/h10-12,23,28H,6-9H2,1-5H3. The Labute approximate surface area is 175 Å². The molecule has 0 aromatic heterocycles. The van der Waals surface area contributed by atoms with Gasteiger partial charge in [-0.2, -0.15) is 4.98 Å². The number of fused-ring (bicyclic) bond motifs is 2. The van der Waals surface area contributed by atoms with Crippen LogP contribution in [0.25, 0.3) is 22.6 Å². The van der Waals surface area contributed by atoms with Crippen molar-refractivity contribution in [1.82, 2.24) is 19.9 Å². The molecule has 2 heterocycles. The SMILES string of the molecule is Cc1cc2nc3c(=O)cc(O)nc-3n(CCNCCC(=O)OC(C)(C)C)c2cc1C. The van der Waals surface area contributed by atoms with Gasteiger partial charge in [0.25, 0.3) is 0 Å². The van der Waals surface area contributed by atoms with E-state index < -0.39 is 5.60 Å². The van der Waals surface area contributed by atoms with Gasteiger partial charge in [0.05, 0.1) is 23.5 Å². The molecule has 0 amide bonds. The lowest BCUT2D eigenvalue weighted by atomic mass is 10.1. The zero-order valence-electron chi connectivity index (χ0n) is 18.1. The van der Waals surface area contributed by atoms with E-state index in [0.29, 0.717) is 31.0 Å². The third kappa shape index (κ3) is 4.94. The highest BCUT2D eigenvalue weighted by atomic mass is 16.6. The Bertz CT molecular complexity index is 1110. The number of aromatic hydroxyl groups is 1. The van der Waals surface area contributed by atoms with E-state index in [9.17, 15) is 14.7 Å². The van der Waals surface area contributed by atoms with Gasteiger partial charge in [-0.1, -0.05) is 0 Å². The number of esters is 1. The lowest BCUT2D eigenvalue weighted by Gasteiger charge is -2.20. The Morgan fingerprint density at radius 2 is 1.83 bits per heavy atom. The molecule has 2 aliphatic heterocycles. The molecule has 0 aliphatic carbocycles. The number of nitrogens with one attached hydrogen (secondary N) is 1. The predicted molar refractivity (Wildman–Crippen MR) is 115 cm³/mol. The summed E-state index contributed by atoms with van der Waals surface area (Å²) in [6.07, 6.45) is 0.266. The number of hydrogen-bond donors (Lipinski definition) is 2. The molecule has 2 N–H and O–H groups in total. The van der Waals surface area contributed by atoms with Crippen LogP contribution in [0.15, 0.2) is 23.0 Å². The van der Waals surface area contributed by atoms with E-state index >= 15 is 0 Å². The van der Waals surface area contributed by atoms with E-state index in [2.05, 4.69) is 15.3 Å². The summed E-state index contributed by atoms with van der Waals surface area (Å²) in [5.41, 5.74) is 3.05. The number of aromatic nitrogens is 3. The van der Waals surface area contributed by atoms with Crippen molar-refractivity contribution in [2.45, 2.75) is 53.2 Å². The van der Waals surface area contributed by atoms with Crippen LogP contribution in [0.5, 0.6) is 5.88 Å². The summed E-state index contributed by atoms with van der Waals surface area (Å²) in [6, 6.07) is 5.03. The molecule has 1 aromatic rings. The molecule has 30 heavy (non-hydrogen) atoms. The van der Waals surface area contributed by atoms with E-state index in [-0.39, 0.29) is 29.4 Å². The van der Waals surface area contributed by atoms with Gasteiger partial charge in [-0.05, 0) is 57.9 Å². The molecule has 0 bridgehead atoms. The molecule has 8 nitrogen and oxygen atoms in total. The van der Waals surface area contributed by atoms with Gasteiger partial charge in [-0.3, -0.25) is 9.59 Å². The maximum absolute atomic E-state index is 12.4. The molecule has 160 valence electrons. The van der Waals surface area contributed by atoms with Crippen molar-refractivity contribution in [2.24, 2.45) is 0 Å². The normalized spacial score (nSPS) is 11.9. The van der Waals surface area contributed by atoms with Crippen LogP contribution in [-0.2, 0) is 16.1 Å². The second kappa shape index (κ2) is 8.39. The van der Waals surface area contributed by atoms with E-state index in [1.165, 1.54) is 0 Å². The number of ether oxygens (including phenoxy) is 1. The summed E-state index contributed by atoms with van der Waals surface area (Å²) >= 11 is 0. The molecule has 8 heteroatoms. The van der Waals surface area contributed by atoms with Crippen LogP contribution < -0.4 is 10.7 Å². The topological polar surface area (TPSA) is 106 Å². The maximum atomic E-state index is 12.4. The fourth-order valence-corrected chi connectivity index (χ4v) is 3.23. The van der Waals surface area contributed by atoms with Crippen LogP contribution in [0, 0.1) is 13.8 Å². The number of nitrogens with zero attached hydrogens (tertiary/aromatic N) is 3. The van der Waals surface area contributed by atoms with Crippen molar-refractivity contribution < 1.29 is 14.6 Å². The minimum Gasteiger partial charge on any atom is -0.493 e. The highest BCUT2D eigenvalue weighted by molar-refractivity contribution is 5.81. The molecule has 0 saturated heterocycles. The van der Waals surface area contributed by atoms with Crippen molar-refractivity contribution in [3.8, 4) is 17.4 Å². The summed E-state index contributed by atoms with van der Waals surface area (Å²) in [4.78, 5) is 32.9. The first kappa shape index (κ1) is 21.7. The molecule has 0 spiro atoms. The van der Waals surface area contributed by atoms with Crippen LogP contribution in [0.4, 0.5) is 0 Å². The van der Waals surface area contributed by atoms with E-state index in [1.54, 1.807) is 0 Å². The third-order valence-electron chi connectivity index (χ3n) is 4.73. The van der Waals surface area contributed by atoms with Gasteiger partial charge in [-0.15, -0.1) is 0 Å². The average molecular weight is 412 g/mol. The number of carbonyl (C=O) groups excluding carboxylic acids is 1. The Balaban J connectivity index is 1.83. The number of carbonyl (C=O) groups is 1. The molecule has 0 fully saturated rings. The zero-order chi connectivity index (χ0) is 22.1. The molecule has 0 radical (unpaired) electrons. The maximum Gasteiger partial charge on any atom is 0.307 e. The first-order chi connectivity index (χ1) is 14.0. The lowest BCUT2D eigenvalue weighted by Crippen LogP contribution is -2.28. The monoisotopic (exact) mass is 412 g/mol. The lowest BCUT2D eigenvalue weighted by molar-refractivity contribution is -0.154. The van der Waals surface area contributed by atoms with Gasteiger partial charge in [0, 0.05) is 19.6 Å². The number of pyridine rings is 1.